The summed E-state index contributed by atoms with van der Waals surface area (Å²) in [6.07, 6.45) is 9.78. The molecule has 0 heterocycles. The molecule has 0 aromatic heterocycles. The Balaban J connectivity index is 2.83. The molecule has 74 valence electrons. The lowest BCUT2D eigenvalue weighted by atomic mass is 9.83. The maximum Gasteiger partial charge on any atom is 0.00432 e. The van der Waals surface area contributed by atoms with Gasteiger partial charge < -0.3 is 0 Å². The van der Waals surface area contributed by atoms with Crippen LogP contribution in [0.15, 0.2) is 23.3 Å². The summed E-state index contributed by atoms with van der Waals surface area (Å²) in [4.78, 5) is 0. The fraction of sp³-hybridized carbons (Fsp3) is 0.692. The molecule has 0 spiro atoms. The maximum absolute atomic E-state index is 2.36. The lowest BCUT2D eigenvalue weighted by Gasteiger charge is -2.22. The van der Waals surface area contributed by atoms with Gasteiger partial charge in [-0.15, -0.1) is 0 Å². The first kappa shape index (κ1) is 10.6. The molecule has 0 bridgehead atoms. The summed E-state index contributed by atoms with van der Waals surface area (Å²) >= 11 is 0. The van der Waals surface area contributed by atoms with Crippen molar-refractivity contribution in [1.82, 2.24) is 0 Å². The van der Waals surface area contributed by atoms with Crippen molar-refractivity contribution in [3.8, 4) is 0 Å². The molecule has 0 heteroatoms. The van der Waals surface area contributed by atoms with Crippen molar-refractivity contribution in [1.29, 1.82) is 0 Å². The van der Waals surface area contributed by atoms with Crippen LogP contribution in [0.2, 0.25) is 0 Å². The molecule has 0 radical (unpaired) electrons. The van der Waals surface area contributed by atoms with Gasteiger partial charge in [-0.1, -0.05) is 58.3 Å². The van der Waals surface area contributed by atoms with E-state index in [4.69, 9.17) is 0 Å². The summed E-state index contributed by atoms with van der Waals surface area (Å²) in [5.74, 6) is 0. The van der Waals surface area contributed by atoms with Crippen LogP contribution >= 0.6 is 0 Å². The molecule has 1 rings (SSSR count). The third kappa shape index (κ3) is 2.24. The molecule has 0 atom stereocenters. The minimum Gasteiger partial charge on any atom is -0.0745 e. The molecular weight excluding hydrogens is 156 g/mol. The highest BCUT2D eigenvalue weighted by atomic mass is 14.3. The van der Waals surface area contributed by atoms with Crippen molar-refractivity contribution in [3.63, 3.8) is 0 Å². The molecule has 0 fully saturated rings. The zero-order valence-electron chi connectivity index (χ0n) is 9.48. The fourth-order valence-electron chi connectivity index (χ4n) is 2.16. The zero-order chi connectivity index (χ0) is 9.90. The van der Waals surface area contributed by atoms with E-state index in [1.807, 2.05) is 0 Å². The fourth-order valence-corrected chi connectivity index (χ4v) is 2.16. The summed E-state index contributed by atoms with van der Waals surface area (Å²) in [5.41, 5.74) is 3.62. The molecular formula is C13H22. The van der Waals surface area contributed by atoms with Crippen LogP contribution in [0, 0.1) is 5.41 Å². The first-order valence-corrected chi connectivity index (χ1v) is 5.53. The summed E-state index contributed by atoms with van der Waals surface area (Å²) in [7, 11) is 0. The van der Waals surface area contributed by atoms with E-state index < -0.39 is 0 Å². The molecule has 0 nitrogen and oxygen atoms in total. The Morgan fingerprint density at radius 1 is 1.08 bits per heavy atom. The molecule has 0 N–H and O–H groups in total. The molecule has 0 saturated carbocycles. The first-order valence-electron chi connectivity index (χ1n) is 5.53. The topological polar surface area (TPSA) is 0 Å². The standard InChI is InChI=1S/C13H22/c1-5-7-11-9-10-13(3,4)12(11)8-6-2/h9-10H,5-8H2,1-4H3. The van der Waals surface area contributed by atoms with E-state index in [-0.39, 0.29) is 0 Å². The van der Waals surface area contributed by atoms with Gasteiger partial charge in [0.1, 0.15) is 0 Å². The van der Waals surface area contributed by atoms with Gasteiger partial charge in [0.25, 0.3) is 0 Å². The number of allylic oxidation sites excluding steroid dienone is 4. The molecule has 0 unspecified atom stereocenters. The van der Waals surface area contributed by atoms with Crippen molar-refractivity contribution in [2.75, 3.05) is 0 Å². The van der Waals surface area contributed by atoms with E-state index in [9.17, 15) is 0 Å². The lowest BCUT2D eigenvalue weighted by molar-refractivity contribution is 0.553. The van der Waals surface area contributed by atoms with Crippen LogP contribution in [0.3, 0.4) is 0 Å². The zero-order valence-corrected chi connectivity index (χ0v) is 9.48. The van der Waals surface area contributed by atoms with Crippen molar-refractivity contribution >= 4 is 0 Å². The largest absolute Gasteiger partial charge is 0.0745 e. The second kappa shape index (κ2) is 4.13. The van der Waals surface area contributed by atoms with Crippen LogP contribution in [0.1, 0.15) is 53.4 Å². The minimum atomic E-state index is 0.334. The Morgan fingerprint density at radius 3 is 2.23 bits per heavy atom. The van der Waals surface area contributed by atoms with Gasteiger partial charge in [0.05, 0.1) is 0 Å². The summed E-state index contributed by atoms with van der Waals surface area (Å²) < 4.78 is 0. The molecule has 1 aliphatic rings. The van der Waals surface area contributed by atoms with Gasteiger partial charge in [0.15, 0.2) is 0 Å². The molecule has 0 aromatic carbocycles. The van der Waals surface area contributed by atoms with E-state index in [2.05, 4.69) is 39.8 Å². The van der Waals surface area contributed by atoms with Gasteiger partial charge in [-0.25, -0.2) is 0 Å². The van der Waals surface area contributed by atoms with Gasteiger partial charge in [0, 0.05) is 5.41 Å². The van der Waals surface area contributed by atoms with Crippen LogP contribution in [0.4, 0.5) is 0 Å². The molecule has 0 saturated heterocycles. The minimum absolute atomic E-state index is 0.334. The third-order valence-electron chi connectivity index (χ3n) is 2.89. The highest BCUT2D eigenvalue weighted by Crippen LogP contribution is 2.40. The van der Waals surface area contributed by atoms with E-state index >= 15 is 0 Å². The van der Waals surface area contributed by atoms with E-state index in [1.165, 1.54) is 25.7 Å². The van der Waals surface area contributed by atoms with Crippen molar-refractivity contribution in [2.24, 2.45) is 5.41 Å². The average molecular weight is 178 g/mol. The van der Waals surface area contributed by atoms with Gasteiger partial charge in [0.2, 0.25) is 0 Å². The van der Waals surface area contributed by atoms with Crippen LogP contribution < -0.4 is 0 Å². The third-order valence-corrected chi connectivity index (χ3v) is 2.89. The van der Waals surface area contributed by atoms with Crippen molar-refractivity contribution in [2.45, 2.75) is 53.4 Å². The average Bonchev–Trinajstić information content (AvgIpc) is 2.33. The summed E-state index contributed by atoms with van der Waals surface area (Å²) in [6.45, 7) is 9.19. The SMILES string of the molecule is CCCC1=C(CCC)C(C)(C)C=C1. The monoisotopic (exact) mass is 178 g/mol. The maximum atomic E-state index is 2.36. The van der Waals surface area contributed by atoms with Crippen LogP contribution in [-0.4, -0.2) is 0 Å². The van der Waals surface area contributed by atoms with Crippen LogP contribution in [0.5, 0.6) is 0 Å². The van der Waals surface area contributed by atoms with Gasteiger partial charge in [-0.2, -0.15) is 0 Å². The molecule has 0 aliphatic heterocycles. The first-order chi connectivity index (χ1) is 6.11. The smallest absolute Gasteiger partial charge is 0.00432 e. The Hall–Kier alpha value is -0.520. The second-order valence-electron chi connectivity index (χ2n) is 4.56. The molecule has 1 aliphatic carbocycles. The Labute approximate surface area is 82.7 Å². The summed E-state index contributed by atoms with van der Waals surface area (Å²) in [5, 5.41) is 0. The predicted molar refractivity (Wildman–Crippen MR) is 59.8 cm³/mol. The highest BCUT2D eigenvalue weighted by molar-refractivity contribution is 5.40. The number of rotatable bonds is 4. The Bertz CT molecular complexity index is 228. The normalized spacial score (nSPS) is 20.0. The second-order valence-corrected chi connectivity index (χ2v) is 4.56. The molecule has 0 amide bonds. The van der Waals surface area contributed by atoms with Crippen LogP contribution in [-0.2, 0) is 0 Å². The van der Waals surface area contributed by atoms with Crippen LogP contribution in [0.25, 0.3) is 0 Å². The molecule has 0 aromatic rings. The van der Waals surface area contributed by atoms with Gasteiger partial charge in [-0.3, -0.25) is 0 Å². The summed E-state index contributed by atoms with van der Waals surface area (Å²) in [6, 6.07) is 0. The Kier molecular flexibility index (Phi) is 3.35. The lowest BCUT2D eigenvalue weighted by Crippen LogP contribution is -2.09. The van der Waals surface area contributed by atoms with Crippen molar-refractivity contribution in [3.05, 3.63) is 23.3 Å². The van der Waals surface area contributed by atoms with Crippen molar-refractivity contribution < 1.29 is 0 Å². The van der Waals surface area contributed by atoms with Gasteiger partial charge in [-0.05, 0) is 18.4 Å². The quantitative estimate of drug-likeness (QED) is 0.595. The van der Waals surface area contributed by atoms with Gasteiger partial charge >= 0.3 is 0 Å². The number of hydrogen-bond donors (Lipinski definition) is 0. The van der Waals surface area contributed by atoms with E-state index in [0.29, 0.717) is 5.41 Å². The highest BCUT2D eigenvalue weighted by Gasteiger charge is 2.25. The van der Waals surface area contributed by atoms with E-state index in [0.717, 1.165) is 0 Å². The Morgan fingerprint density at radius 2 is 1.69 bits per heavy atom. The number of hydrogen-bond acceptors (Lipinski definition) is 0. The predicted octanol–water partition coefficient (Wildman–Crippen LogP) is 4.48. The molecule has 13 heavy (non-hydrogen) atoms. The van der Waals surface area contributed by atoms with E-state index in [1.54, 1.807) is 11.1 Å².